The number of benzene rings is 3. The van der Waals surface area contributed by atoms with Crippen LogP contribution in [0.5, 0.6) is 0 Å². The molecule has 0 saturated carbocycles. The number of carbonyl (C=O) groups is 4. The molecule has 1 aliphatic heterocycles. The van der Waals surface area contributed by atoms with Gasteiger partial charge in [0.05, 0.1) is 5.69 Å². The van der Waals surface area contributed by atoms with Gasteiger partial charge in [-0.05, 0) is 42.8 Å². The first kappa shape index (κ1) is 22.8. The van der Waals surface area contributed by atoms with E-state index in [-0.39, 0.29) is 18.0 Å². The number of urea groups is 1. The standard InChI is InChI=1S/C28H22N4O4/c1-18-9-5-7-13-23(18)32-27(35)22(26(34)30-28(32)36)15-19-16-31(24-14-8-6-12-21(19)24)17-25(33)29-20-10-3-2-4-11-20/h2-16H,17H2,1H3,(H,29,33)(H,30,34,36)/b22-15+. The van der Waals surface area contributed by atoms with Gasteiger partial charge in [0.1, 0.15) is 12.1 Å². The third-order valence-electron chi connectivity index (χ3n) is 5.95. The van der Waals surface area contributed by atoms with Crippen LogP contribution in [-0.4, -0.2) is 28.3 Å². The molecule has 1 fully saturated rings. The van der Waals surface area contributed by atoms with Crippen LogP contribution >= 0.6 is 0 Å². The summed E-state index contributed by atoms with van der Waals surface area (Å²) in [6.45, 7) is 1.82. The number of aromatic nitrogens is 1. The maximum Gasteiger partial charge on any atom is 0.335 e. The lowest BCUT2D eigenvalue weighted by Gasteiger charge is -2.27. The second-order valence-electron chi connectivity index (χ2n) is 8.39. The molecule has 0 bridgehead atoms. The molecule has 8 nitrogen and oxygen atoms in total. The molecule has 0 unspecified atom stereocenters. The zero-order chi connectivity index (χ0) is 25.2. The third-order valence-corrected chi connectivity index (χ3v) is 5.95. The molecule has 5 amide bonds. The summed E-state index contributed by atoms with van der Waals surface area (Å²) < 4.78 is 1.76. The number of para-hydroxylation sites is 3. The van der Waals surface area contributed by atoms with Crippen LogP contribution in [0, 0.1) is 6.92 Å². The van der Waals surface area contributed by atoms with E-state index in [9.17, 15) is 19.2 Å². The maximum atomic E-state index is 13.3. The Morgan fingerprint density at radius 1 is 0.917 bits per heavy atom. The van der Waals surface area contributed by atoms with Gasteiger partial charge in [0, 0.05) is 28.4 Å². The van der Waals surface area contributed by atoms with Crippen LogP contribution in [-0.2, 0) is 20.9 Å². The topological polar surface area (TPSA) is 101 Å². The molecular weight excluding hydrogens is 456 g/mol. The van der Waals surface area contributed by atoms with E-state index in [4.69, 9.17) is 0 Å². The van der Waals surface area contributed by atoms with Gasteiger partial charge >= 0.3 is 6.03 Å². The number of amides is 5. The Bertz CT molecular complexity index is 1550. The molecular formula is C28H22N4O4. The molecule has 8 heteroatoms. The van der Waals surface area contributed by atoms with Crippen LogP contribution < -0.4 is 15.5 Å². The highest BCUT2D eigenvalue weighted by molar-refractivity contribution is 6.39. The van der Waals surface area contributed by atoms with E-state index in [0.29, 0.717) is 16.9 Å². The summed E-state index contributed by atoms with van der Waals surface area (Å²) in [4.78, 5) is 52.2. The molecule has 4 aromatic rings. The molecule has 2 heterocycles. The molecule has 0 spiro atoms. The lowest BCUT2D eigenvalue weighted by molar-refractivity contribution is -0.122. The second kappa shape index (κ2) is 9.34. The summed E-state index contributed by atoms with van der Waals surface area (Å²) in [6, 6.07) is 22.7. The number of barbiturate groups is 1. The Hall–Kier alpha value is -4.98. The third kappa shape index (κ3) is 4.27. The predicted molar refractivity (Wildman–Crippen MR) is 137 cm³/mol. The van der Waals surface area contributed by atoms with Crippen LogP contribution in [0.25, 0.3) is 17.0 Å². The fourth-order valence-corrected chi connectivity index (χ4v) is 4.24. The Balaban J connectivity index is 1.50. The molecule has 1 saturated heterocycles. The monoisotopic (exact) mass is 478 g/mol. The van der Waals surface area contributed by atoms with Gasteiger partial charge in [0.25, 0.3) is 11.8 Å². The number of anilines is 2. The van der Waals surface area contributed by atoms with E-state index < -0.39 is 17.8 Å². The summed E-state index contributed by atoms with van der Waals surface area (Å²) in [7, 11) is 0. The van der Waals surface area contributed by atoms with Gasteiger partial charge < -0.3 is 9.88 Å². The second-order valence-corrected chi connectivity index (χ2v) is 8.39. The number of rotatable bonds is 5. The Kier molecular flexibility index (Phi) is 5.92. The predicted octanol–water partition coefficient (Wildman–Crippen LogP) is 4.25. The molecule has 5 rings (SSSR count). The van der Waals surface area contributed by atoms with Crippen molar-refractivity contribution in [2.75, 3.05) is 10.2 Å². The van der Waals surface area contributed by atoms with Gasteiger partial charge in [-0.15, -0.1) is 0 Å². The molecule has 2 N–H and O–H groups in total. The highest BCUT2D eigenvalue weighted by atomic mass is 16.2. The summed E-state index contributed by atoms with van der Waals surface area (Å²) in [6.07, 6.45) is 3.18. The molecule has 1 aromatic heterocycles. The quantitative estimate of drug-likeness (QED) is 0.331. The van der Waals surface area contributed by atoms with E-state index in [1.165, 1.54) is 6.08 Å². The average molecular weight is 479 g/mol. The van der Waals surface area contributed by atoms with Crippen molar-refractivity contribution in [2.45, 2.75) is 13.5 Å². The Morgan fingerprint density at radius 3 is 2.39 bits per heavy atom. The van der Waals surface area contributed by atoms with Crippen molar-refractivity contribution in [1.82, 2.24) is 9.88 Å². The van der Waals surface area contributed by atoms with E-state index in [1.54, 1.807) is 54.1 Å². The van der Waals surface area contributed by atoms with Gasteiger partial charge in [-0.3, -0.25) is 19.7 Å². The first-order valence-corrected chi connectivity index (χ1v) is 11.3. The lowest BCUT2D eigenvalue weighted by Crippen LogP contribution is -2.54. The van der Waals surface area contributed by atoms with Crippen LogP contribution in [0.1, 0.15) is 11.1 Å². The van der Waals surface area contributed by atoms with Crippen molar-refractivity contribution in [3.63, 3.8) is 0 Å². The van der Waals surface area contributed by atoms with Crippen molar-refractivity contribution in [2.24, 2.45) is 0 Å². The Morgan fingerprint density at radius 2 is 1.61 bits per heavy atom. The molecule has 178 valence electrons. The number of hydrogen-bond donors (Lipinski definition) is 2. The van der Waals surface area contributed by atoms with Crippen LogP contribution in [0.2, 0.25) is 0 Å². The number of aryl methyl sites for hydroxylation is 1. The molecule has 0 atom stereocenters. The fourth-order valence-electron chi connectivity index (χ4n) is 4.24. The van der Waals surface area contributed by atoms with Crippen LogP contribution in [0.15, 0.2) is 90.6 Å². The maximum absolute atomic E-state index is 13.3. The summed E-state index contributed by atoms with van der Waals surface area (Å²) in [5, 5.41) is 5.88. The minimum absolute atomic E-state index is 0.0343. The van der Waals surface area contributed by atoms with E-state index >= 15 is 0 Å². The number of imide groups is 2. The van der Waals surface area contributed by atoms with Crippen LogP contribution in [0.4, 0.5) is 16.2 Å². The number of nitrogens with one attached hydrogen (secondary N) is 2. The van der Waals surface area contributed by atoms with Gasteiger partial charge in [0.2, 0.25) is 5.91 Å². The summed E-state index contributed by atoms with van der Waals surface area (Å²) in [5.41, 5.74) is 2.98. The number of carbonyl (C=O) groups excluding carboxylic acids is 4. The van der Waals surface area contributed by atoms with Gasteiger partial charge in [0.15, 0.2) is 0 Å². The number of nitrogens with zero attached hydrogens (tertiary/aromatic N) is 2. The zero-order valence-electron chi connectivity index (χ0n) is 19.4. The van der Waals surface area contributed by atoms with Crippen molar-refractivity contribution in [1.29, 1.82) is 0 Å². The Labute approximate surface area is 206 Å². The SMILES string of the molecule is Cc1ccccc1N1C(=O)NC(=O)/C(=C\c2cn(CC(=O)Nc3ccccc3)c3ccccc23)C1=O. The van der Waals surface area contributed by atoms with Crippen LogP contribution in [0.3, 0.4) is 0 Å². The molecule has 0 aliphatic carbocycles. The number of fused-ring (bicyclic) bond motifs is 1. The van der Waals surface area contributed by atoms with Crippen molar-refractivity contribution < 1.29 is 19.2 Å². The lowest BCUT2D eigenvalue weighted by atomic mass is 10.1. The molecule has 1 aliphatic rings. The minimum Gasteiger partial charge on any atom is -0.337 e. The zero-order valence-corrected chi connectivity index (χ0v) is 19.4. The molecule has 36 heavy (non-hydrogen) atoms. The van der Waals surface area contributed by atoms with E-state index in [0.717, 1.165) is 21.4 Å². The van der Waals surface area contributed by atoms with Gasteiger partial charge in [-0.2, -0.15) is 0 Å². The normalized spacial score (nSPS) is 14.9. The van der Waals surface area contributed by atoms with Crippen molar-refractivity contribution >= 4 is 52.1 Å². The summed E-state index contributed by atoms with van der Waals surface area (Å²) in [5.74, 6) is -1.70. The largest absolute Gasteiger partial charge is 0.337 e. The number of hydrogen-bond acceptors (Lipinski definition) is 4. The first-order valence-electron chi connectivity index (χ1n) is 11.3. The van der Waals surface area contributed by atoms with Gasteiger partial charge in [-0.1, -0.05) is 54.6 Å². The highest BCUT2D eigenvalue weighted by Crippen LogP contribution is 2.28. The summed E-state index contributed by atoms with van der Waals surface area (Å²) >= 11 is 0. The van der Waals surface area contributed by atoms with Crippen molar-refractivity contribution in [3.8, 4) is 0 Å². The van der Waals surface area contributed by atoms with Gasteiger partial charge in [-0.25, -0.2) is 9.69 Å². The average Bonchev–Trinajstić information content (AvgIpc) is 3.20. The minimum atomic E-state index is -0.795. The molecule has 0 radical (unpaired) electrons. The highest BCUT2D eigenvalue weighted by Gasteiger charge is 2.37. The fraction of sp³-hybridized carbons (Fsp3) is 0.0714. The van der Waals surface area contributed by atoms with E-state index in [1.807, 2.05) is 42.5 Å². The smallest absolute Gasteiger partial charge is 0.335 e. The van der Waals surface area contributed by atoms with Crippen molar-refractivity contribution in [3.05, 3.63) is 102 Å². The van der Waals surface area contributed by atoms with E-state index in [2.05, 4.69) is 10.6 Å². The molecule has 3 aromatic carbocycles. The first-order chi connectivity index (χ1) is 17.4.